The number of benzene rings is 1. The number of non-ortho nitro benzene ring substituents is 1. The second kappa shape index (κ2) is 8.31. The summed E-state index contributed by atoms with van der Waals surface area (Å²) >= 11 is 0. The van der Waals surface area contributed by atoms with Gasteiger partial charge in [-0.25, -0.2) is 8.42 Å². The third-order valence-electron chi connectivity index (χ3n) is 5.83. The van der Waals surface area contributed by atoms with Crippen LogP contribution in [0.1, 0.15) is 29.0 Å². The first-order valence-corrected chi connectivity index (χ1v) is 11.6. The predicted molar refractivity (Wildman–Crippen MR) is 113 cm³/mol. The minimum absolute atomic E-state index is 0.0472. The molecule has 11 heteroatoms. The lowest BCUT2D eigenvalue weighted by atomic mass is 10.2. The second-order valence-electron chi connectivity index (χ2n) is 7.69. The summed E-state index contributed by atoms with van der Waals surface area (Å²) in [5.41, 5.74) is 0.691. The Kier molecular flexibility index (Phi) is 5.71. The largest absolute Gasteiger partial charge is 0.469 e. The molecule has 0 N–H and O–H groups in total. The van der Waals surface area contributed by atoms with E-state index >= 15 is 0 Å². The summed E-state index contributed by atoms with van der Waals surface area (Å²) in [6.07, 6.45) is 3.03. The third-order valence-corrected chi connectivity index (χ3v) is 7.76. The number of furan rings is 1. The smallest absolute Gasteiger partial charge is 0.270 e. The average molecular weight is 449 g/mol. The summed E-state index contributed by atoms with van der Waals surface area (Å²) in [5, 5.41) is 11.3. The number of carbonyl (C=O) groups is 1. The second-order valence-corrected chi connectivity index (χ2v) is 9.60. The van der Waals surface area contributed by atoms with Crippen LogP contribution in [0.5, 0.6) is 0 Å². The van der Waals surface area contributed by atoms with Crippen LogP contribution in [-0.2, 0) is 10.0 Å². The number of rotatable bonds is 5. The van der Waals surface area contributed by atoms with Crippen LogP contribution < -0.4 is 4.90 Å². The van der Waals surface area contributed by atoms with E-state index in [4.69, 9.17) is 4.42 Å². The zero-order valence-electron chi connectivity index (χ0n) is 17.2. The molecule has 4 rings (SSSR count). The first-order chi connectivity index (χ1) is 14.8. The Labute approximate surface area is 180 Å². The highest BCUT2D eigenvalue weighted by molar-refractivity contribution is 7.89. The van der Waals surface area contributed by atoms with Crippen molar-refractivity contribution >= 4 is 27.3 Å². The molecular weight excluding hydrogens is 424 g/mol. The number of carbonyl (C=O) groups excluding carboxylic acids is 1. The Hall–Kier alpha value is -2.92. The lowest BCUT2D eigenvalue weighted by molar-refractivity contribution is -0.385. The Bertz CT molecular complexity index is 1100. The number of nitro groups is 1. The predicted octanol–water partition coefficient (Wildman–Crippen LogP) is 2.24. The molecule has 0 spiro atoms. The van der Waals surface area contributed by atoms with Crippen LogP contribution in [0.4, 0.5) is 11.4 Å². The Morgan fingerprint density at radius 3 is 2.32 bits per heavy atom. The quantitative estimate of drug-likeness (QED) is 0.508. The zero-order chi connectivity index (χ0) is 22.2. The summed E-state index contributed by atoms with van der Waals surface area (Å²) in [6, 6.07) is 5.61. The number of sulfonamides is 1. The standard InChI is InChI=1S/C20H24N4O6S/c1-15-17(6-13-30-15)20(25)22-11-9-21(10-12-22)18-5-4-16(24(26)27)14-19(18)31(28,29)23-7-2-3-8-23/h4-6,13-14H,2-3,7-12H2,1H3. The van der Waals surface area contributed by atoms with Gasteiger partial charge >= 0.3 is 0 Å². The van der Waals surface area contributed by atoms with Crippen molar-refractivity contribution < 1.29 is 22.6 Å². The molecule has 0 unspecified atom stereocenters. The van der Waals surface area contributed by atoms with Gasteiger partial charge in [0.25, 0.3) is 11.6 Å². The van der Waals surface area contributed by atoms with Crippen LogP contribution in [0.2, 0.25) is 0 Å². The molecule has 2 aromatic rings. The zero-order valence-corrected chi connectivity index (χ0v) is 18.0. The summed E-state index contributed by atoms with van der Waals surface area (Å²) < 4.78 is 33.1. The van der Waals surface area contributed by atoms with Gasteiger partial charge in [-0.15, -0.1) is 0 Å². The summed E-state index contributed by atoms with van der Waals surface area (Å²) in [6.45, 7) is 4.21. The topological polar surface area (TPSA) is 117 Å². The van der Waals surface area contributed by atoms with Crippen LogP contribution in [0.3, 0.4) is 0 Å². The molecule has 0 atom stereocenters. The molecule has 0 bridgehead atoms. The number of anilines is 1. The fraction of sp³-hybridized carbons (Fsp3) is 0.450. The van der Waals surface area contributed by atoms with Gasteiger partial charge in [0.1, 0.15) is 10.7 Å². The molecule has 166 valence electrons. The Balaban J connectivity index is 1.59. The molecule has 10 nitrogen and oxygen atoms in total. The minimum Gasteiger partial charge on any atom is -0.469 e. The fourth-order valence-electron chi connectivity index (χ4n) is 4.08. The third kappa shape index (κ3) is 4.02. The highest BCUT2D eigenvalue weighted by Crippen LogP contribution is 2.33. The fourth-order valence-corrected chi connectivity index (χ4v) is 5.83. The number of hydrogen-bond acceptors (Lipinski definition) is 7. The Morgan fingerprint density at radius 1 is 1.06 bits per heavy atom. The van der Waals surface area contributed by atoms with Crippen LogP contribution in [-0.4, -0.2) is 67.7 Å². The number of piperazine rings is 1. The lowest BCUT2D eigenvalue weighted by Gasteiger charge is -2.37. The van der Waals surface area contributed by atoms with Crippen molar-refractivity contribution in [3.63, 3.8) is 0 Å². The molecule has 1 aromatic heterocycles. The van der Waals surface area contributed by atoms with Gasteiger partial charge in [0.05, 0.1) is 22.4 Å². The molecule has 3 heterocycles. The van der Waals surface area contributed by atoms with E-state index in [1.165, 1.54) is 22.7 Å². The average Bonchev–Trinajstić information content (AvgIpc) is 3.45. The van der Waals surface area contributed by atoms with Crippen LogP contribution in [0, 0.1) is 17.0 Å². The number of nitro benzene ring substituents is 1. The van der Waals surface area contributed by atoms with Gasteiger partial charge in [-0.3, -0.25) is 14.9 Å². The van der Waals surface area contributed by atoms with E-state index in [1.54, 1.807) is 17.9 Å². The molecule has 1 aromatic carbocycles. The van der Waals surface area contributed by atoms with Crippen LogP contribution >= 0.6 is 0 Å². The van der Waals surface area contributed by atoms with E-state index in [0.717, 1.165) is 18.9 Å². The van der Waals surface area contributed by atoms with E-state index in [9.17, 15) is 23.3 Å². The molecule has 2 aliphatic heterocycles. The van der Waals surface area contributed by atoms with Gasteiger partial charge < -0.3 is 14.2 Å². The monoisotopic (exact) mass is 448 g/mol. The van der Waals surface area contributed by atoms with Crippen LogP contribution in [0.25, 0.3) is 0 Å². The van der Waals surface area contributed by atoms with Crippen molar-refractivity contribution in [2.24, 2.45) is 0 Å². The maximum Gasteiger partial charge on any atom is 0.270 e. The van der Waals surface area contributed by atoms with Gasteiger partial charge in [0.2, 0.25) is 10.0 Å². The molecule has 0 aliphatic carbocycles. The van der Waals surface area contributed by atoms with Gasteiger partial charge in [0.15, 0.2) is 0 Å². The van der Waals surface area contributed by atoms with Gasteiger partial charge in [-0.1, -0.05) is 0 Å². The van der Waals surface area contributed by atoms with Crippen LogP contribution in [0.15, 0.2) is 39.8 Å². The molecule has 2 aliphatic rings. The normalized spacial score (nSPS) is 17.8. The maximum absolute atomic E-state index is 13.2. The minimum atomic E-state index is -3.85. The van der Waals surface area contributed by atoms with E-state index < -0.39 is 14.9 Å². The summed E-state index contributed by atoms with van der Waals surface area (Å²) in [7, 11) is -3.85. The number of aryl methyl sites for hydroxylation is 1. The highest BCUT2D eigenvalue weighted by atomic mass is 32.2. The van der Waals surface area contributed by atoms with Crippen molar-refractivity contribution in [3.8, 4) is 0 Å². The number of nitrogens with zero attached hydrogens (tertiary/aromatic N) is 4. The molecule has 0 saturated carbocycles. The first-order valence-electron chi connectivity index (χ1n) is 10.2. The Morgan fingerprint density at radius 2 is 1.74 bits per heavy atom. The number of hydrogen-bond donors (Lipinski definition) is 0. The highest BCUT2D eigenvalue weighted by Gasteiger charge is 2.33. The molecule has 2 fully saturated rings. The molecular formula is C20H24N4O6S. The van der Waals surface area contributed by atoms with Gasteiger partial charge in [0, 0.05) is 51.4 Å². The van der Waals surface area contributed by atoms with Crippen molar-refractivity contribution in [3.05, 3.63) is 52.0 Å². The van der Waals surface area contributed by atoms with Crippen molar-refractivity contribution in [2.75, 3.05) is 44.2 Å². The van der Waals surface area contributed by atoms with Gasteiger partial charge in [-0.05, 0) is 31.9 Å². The van der Waals surface area contributed by atoms with Crippen molar-refractivity contribution in [1.82, 2.24) is 9.21 Å². The SMILES string of the molecule is Cc1occc1C(=O)N1CCN(c2ccc([N+](=O)[O-])cc2S(=O)(=O)N2CCCC2)CC1. The first kappa shape index (κ1) is 21.3. The maximum atomic E-state index is 13.2. The van der Waals surface area contributed by atoms with Gasteiger partial charge in [-0.2, -0.15) is 4.31 Å². The van der Waals surface area contributed by atoms with E-state index in [1.807, 2.05) is 4.90 Å². The molecule has 1 amide bonds. The van der Waals surface area contributed by atoms with Crippen molar-refractivity contribution in [2.45, 2.75) is 24.7 Å². The summed E-state index contributed by atoms with van der Waals surface area (Å²) in [4.78, 5) is 26.9. The lowest BCUT2D eigenvalue weighted by Crippen LogP contribution is -2.49. The number of amides is 1. The molecule has 0 radical (unpaired) electrons. The molecule has 31 heavy (non-hydrogen) atoms. The van der Waals surface area contributed by atoms with E-state index in [2.05, 4.69) is 0 Å². The van der Waals surface area contributed by atoms with E-state index in [0.29, 0.717) is 56.3 Å². The molecule has 2 saturated heterocycles. The van der Waals surface area contributed by atoms with Crippen molar-refractivity contribution in [1.29, 1.82) is 0 Å². The summed E-state index contributed by atoms with van der Waals surface area (Å²) in [5.74, 6) is 0.432. The van der Waals surface area contributed by atoms with E-state index in [-0.39, 0.29) is 16.5 Å².